The molecule has 5 nitrogen and oxygen atoms in total. The lowest BCUT2D eigenvalue weighted by Crippen LogP contribution is -2.47. The summed E-state index contributed by atoms with van der Waals surface area (Å²) in [6, 6.07) is 6.10. The Morgan fingerprint density at radius 2 is 1.95 bits per heavy atom. The van der Waals surface area contributed by atoms with Crippen LogP contribution in [0.4, 0.5) is 11.4 Å². The predicted octanol–water partition coefficient (Wildman–Crippen LogP) is 0.924. The number of anilines is 2. The first-order chi connectivity index (χ1) is 9.76. The van der Waals surface area contributed by atoms with E-state index >= 15 is 0 Å². The average molecular weight is 277 g/mol. The normalized spacial score (nSPS) is 20.1. The third kappa shape index (κ3) is 3.16. The molecule has 1 heterocycles. The fourth-order valence-electron chi connectivity index (χ4n) is 2.58. The van der Waals surface area contributed by atoms with Gasteiger partial charge in [0.25, 0.3) is 0 Å². The number of nitrogens with two attached hydrogens (primary N) is 1. The molecule has 0 spiro atoms. The smallest absolute Gasteiger partial charge is 0.142 e. The number of β-amino-alcohol motifs (C(OH)–C–C–N with tert-alkyl or cyclic N) is 1. The highest BCUT2D eigenvalue weighted by Crippen LogP contribution is 2.33. The van der Waals surface area contributed by atoms with Gasteiger partial charge < -0.3 is 20.5 Å². The van der Waals surface area contributed by atoms with Gasteiger partial charge in [0, 0.05) is 38.4 Å². The van der Waals surface area contributed by atoms with Crippen molar-refractivity contribution in [3.05, 3.63) is 18.2 Å². The summed E-state index contributed by atoms with van der Waals surface area (Å²) in [7, 11) is 0. The molecule has 1 aromatic carbocycles. The van der Waals surface area contributed by atoms with E-state index in [1.54, 1.807) is 0 Å². The number of piperazine rings is 1. The van der Waals surface area contributed by atoms with Crippen molar-refractivity contribution in [3.63, 3.8) is 0 Å². The third-order valence-corrected chi connectivity index (χ3v) is 3.97. The molecule has 0 aromatic heterocycles. The largest absolute Gasteiger partial charge is 0.488 e. The summed E-state index contributed by atoms with van der Waals surface area (Å²) in [6.45, 7) is 4.93. The summed E-state index contributed by atoms with van der Waals surface area (Å²) in [5, 5.41) is 8.96. The SMILES string of the molecule is Nc1cc(N2CCN(CCO)CC2)ccc1OC1CC1. The molecule has 2 fully saturated rings. The molecule has 5 heteroatoms. The second-order valence-electron chi connectivity index (χ2n) is 5.59. The van der Waals surface area contributed by atoms with Crippen LogP contribution in [0.25, 0.3) is 0 Å². The van der Waals surface area contributed by atoms with Crippen LogP contribution < -0.4 is 15.4 Å². The molecule has 2 aliphatic rings. The molecule has 110 valence electrons. The lowest BCUT2D eigenvalue weighted by atomic mass is 10.2. The molecule has 3 rings (SSSR count). The first-order valence-corrected chi connectivity index (χ1v) is 7.40. The van der Waals surface area contributed by atoms with E-state index in [0.717, 1.165) is 62.7 Å². The number of nitrogen functional groups attached to an aromatic ring is 1. The Morgan fingerprint density at radius 1 is 1.20 bits per heavy atom. The van der Waals surface area contributed by atoms with Crippen molar-refractivity contribution in [2.45, 2.75) is 18.9 Å². The van der Waals surface area contributed by atoms with Gasteiger partial charge in [-0.15, -0.1) is 0 Å². The maximum absolute atomic E-state index is 8.96. The lowest BCUT2D eigenvalue weighted by Gasteiger charge is -2.36. The highest BCUT2D eigenvalue weighted by molar-refractivity contribution is 5.63. The van der Waals surface area contributed by atoms with Gasteiger partial charge in [0.1, 0.15) is 5.75 Å². The van der Waals surface area contributed by atoms with Crippen molar-refractivity contribution in [2.24, 2.45) is 0 Å². The second-order valence-corrected chi connectivity index (χ2v) is 5.59. The standard InChI is InChI=1S/C15H23N3O2/c16-14-11-12(1-4-15(14)20-13-2-3-13)18-7-5-17(6-8-18)9-10-19/h1,4,11,13,19H,2-3,5-10,16H2. The summed E-state index contributed by atoms with van der Waals surface area (Å²) in [6.07, 6.45) is 2.67. The van der Waals surface area contributed by atoms with Gasteiger partial charge in [-0.05, 0) is 31.0 Å². The van der Waals surface area contributed by atoms with Crippen molar-refractivity contribution < 1.29 is 9.84 Å². The number of rotatable bonds is 5. The minimum Gasteiger partial charge on any atom is -0.488 e. The van der Waals surface area contributed by atoms with Gasteiger partial charge in [0.15, 0.2) is 0 Å². The minimum absolute atomic E-state index is 0.236. The second kappa shape index (κ2) is 5.89. The maximum Gasteiger partial charge on any atom is 0.142 e. The molecule has 3 N–H and O–H groups in total. The zero-order valence-corrected chi connectivity index (χ0v) is 11.8. The number of ether oxygens (including phenoxy) is 1. The third-order valence-electron chi connectivity index (χ3n) is 3.97. The quantitative estimate of drug-likeness (QED) is 0.784. The molecule has 1 saturated carbocycles. The van der Waals surface area contributed by atoms with Crippen LogP contribution >= 0.6 is 0 Å². The van der Waals surface area contributed by atoms with E-state index in [9.17, 15) is 0 Å². The van der Waals surface area contributed by atoms with Crippen molar-refractivity contribution in [1.82, 2.24) is 4.90 Å². The molecule has 0 bridgehead atoms. The molecule has 0 unspecified atom stereocenters. The van der Waals surface area contributed by atoms with Crippen LogP contribution in [0, 0.1) is 0 Å². The number of hydrogen-bond donors (Lipinski definition) is 2. The zero-order valence-electron chi connectivity index (χ0n) is 11.8. The first-order valence-electron chi connectivity index (χ1n) is 7.40. The number of aliphatic hydroxyl groups excluding tert-OH is 1. The Bertz CT molecular complexity index is 454. The van der Waals surface area contributed by atoms with Crippen molar-refractivity contribution in [1.29, 1.82) is 0 Å². The van der Waals surface area contributed by atoms with Gasteiger partial charge in [-0.3, -0.25) is 4.90 Å². The van der Waals surface area contributed by atoms with E-state index in [1.807, 2.05) is 12.1 Å². The molecular weight excluding hydrogens is 254 g/mol. The van der Waals surface area contributed by atoms with E-state index in [4.69, 9.17) is 15.6 Å². The summed E-state index contributed by atoms with van der Waals surface area (Å²) in [5.41, 5.74) is 7.97. The van der Waals surface area contributed by atoms with E-state index in [-0.39, 0.29) is 6.61 Å². The van der Waals surface area contributed by atoms with E-state index < -0.39 is 0 Å². The van der Waals surface area contributed by atoms with Crippen molar-refractivity contribution in [3.8, 4) is 5.75 Å². The van der Waals surface area contributed by atoms with Crippen LogP contribution in [0.1, 0.15) is 12.8 Å². The molecule has 1 saturated heterocycles. The van der Waals surface area contributed by atoms with Crippen LogP contribution in [-0.2, 0) is 0 Å². The molecular formula is C15H23N3O2. The Labute approximate surface area is 119 Å². The van der Waals surface area contributed by atoms with Gasteiger partial charge in [-0.1, -0.05) is 0 Å². The first kappa shape index (κ1) is 13.5. The van der Waals surface area contributed by atoms with E-state index in [2.05, 4.69) is 15.9 Å². The Kier molecular flexibility index (Phi) is 3.98. The topological polar surface area (TPSA) is 62.0 Å². The van der Waals surface area contributed by atoms with Gasteiger partial charge in [0.05, 0.1) is 18.4 Å². The van der Waals surface area contributed by atoms with Gasteiger partial charge >= 0.3 is 0 Å². The predicted molar refractivity (Wildman–Crippen MR) is 80.2 cm³/mol. The Balaban J connectivity index is 1.61. The fraction of sp³-hybridized carbons (Fsp3) is 0.600. The molecule has 1 aromatic rings. The monoisotopic (exact) mass is 277 g/mol. The highest BCUT2D eigenvalue weighted by atomic mass is 16.5. The highest BCUT2D eigenvalue weighted by Gasteiger charge is 2.24. The molecule has 20 heavy (non-hydrogen) atoms. The number of benzene rings is 1. The van der Waals surface area contributed by atoms with Crippen LogP contribution in [-0.4, -0.2) is 55.4 Å². The van der Waals surface area contributed by atoms with E-state index in [1.165, 1.54) is 0 Å². The molecule has 1 aliphatic heterocycles. The molecule has 0 radical (unpaired) electrons. The molecule has 1 aliphatic carbocycles. The van der Waals surface area contributed by atoms with E-state index in [0.29, 0.717) is 6.10 Å². The van der Waals surface area contributed by atoms with Crippen molar-refractivity contribution >= 4 is 11.4 Å². The average Bonchev–Trinajstić information content (AvgIpc) is 3.26. The summed E-state index contributed by atoms with van der Waals surface area (Å²) < 4.78 is 5.77. The van der Waals surface area contributed by atoms with Crippen LogP contribution in [0.2, 0.25) is 0 Å². The van der Waals surface area contributed by atoms with Crippen LogP contribution in [0.3, 0.4) is 0 Å². The lowest BCUT2D eigenvalue weighted by molar-refractivity contribution is 0.189. The van der Waals surface area contributed by atoms with Gasteiger partial charge in [-0.2, -0.15) is 0 Å². The molecule has 0 amide bonds. The van der Waals surface area contributed by atoms with Crippen LogP contribution in [0.5, 0.6) is 5.75 Å². The summed E-state index contributed by atoms with van der Waals surface area (Å²) in [4.78, 5) is 4.62. The molecule has 0 atom stereocenters. The van der Waals surface area contributed by atoms with Crippen molar-refractivity contribution in [2.75, 3.05) is 50.0 Å². The maximum atomic E-state index is 8.96. The fourth-order valence-corrected chi connectivity index (χ4v) is 2.58. The van der Waals surface area contributed by atoms with Gasteiger partial charge in [-0.25, -0.2) is 0 Å². The Morgan fingerprint density at radius 3 is 2.55 bits per heavy atom. The number of nitrogens with zero attached hydrogens (tertiary/aromatic N) is 2. The van der Waals surface area contributed by atoms with Gasteiger partial charge in [0.2, 0.25) is 0 Å². The zero-order chi connectivity index (χ0) is 13.9. The number of hydrogen-bond acceptors (Lipinski definition) is 5. The van der Waals surface area contributed by atoms with Crippen LogP contribution in [0.15, 0.2) is 18.2 Å². The minimum atomic E-state index is 0.236. The number of aliphatic hydroxyl groups is 1. The summed E-state index contributed by atoms with van der Waals surface area (Å²) in [5.74, 6) is 0.815. The Hall–Kier alpha value is -1.46. The summed E-state index contributed by atoms with van der Waals surface area (Å²) >= 11 is 0.